The van der Waals surface area contributed by atoms with Crippen LogP contribution in [0.15, 0.2) is 18.2 Å². The van der Waals surface area contributed by atoms with E-state index in [4.69, 9.17) is 0 Å². The molecule has 0 atom stereocenters. The Labute approximate surface area is 85.3 Å². The predicted octanol–water partition coefficient (Wildman–Crippen LogP) is 3.59. The van der Waals surface area contributed by atoms with E-state index < -0.39 is 0 Å². The van der Waals surface area contributed by atoms with Crippen molar-refractivity contribution in [3.05, 3.63) is 29.6 Å². The molecular formula is C12H18FN. The van der Waals surface area contributed by atoms with Crippen LogP contribution >= 0.6 is 0 Å². The molecular weight excluding hydrogens is 177 g/mol. The minimum absolute atomic E-state index is 0.164. The fourth-order valence-electron chi connectivity index (χ4n) is 1.12. The van der Waals surface area contributed by atoms with Gasteiger partial charge in [0, 0.05) is 6.54 Å². The highest BCUT2D eigenvalue weighted by Gasteiger charge is 2.10. The first kappa shape index (κ1) is 11.0. The van der Waals surface area contributed by atoms with Gasteiger partial charge in [-0.2, -0.15) is 0 Å². The molecule has 0 aliphatic carbocycles. The fourth-order valence-corrected chi connectivity index (χ4v) is 1.12. The normalized spacial score (nSPS) is 11.5. The van der Waals surface area contributed by atoms with Crippen molar-refractivity contribution in [1.82, 2.24) is 0 Å². The van der Waals surface area contributed by atoms with Gasteiger partial charge in [0.25, 0.3) is 0 Å². The van der Waals surface area contributed by atoms with Crippen molar-refractivity contribution in [2.45, 2.75) is 27.7 Å². The first-order chi connectivity index (χ1) is 6.38. The minimum Gasteiger partial charge on any atom is -0.382 e. The van der Waals surface area contributed by atoms with Crippen LogP contribution in [-0.2, 0) is 0 Å². The van der Waals surface area contributed by atoms with E-state index in [1.807, 2.05) is 13.0 Å². The molecule has 1 aromatic carbocycles. The Kier molecular flexibility index (Phi) is 3.14. The average molecular weight is 195 g/mol. The standard InChI is InChI=1S/C12H18FN/c1-9-5-6-11(10(13)7-9)14-8-12(2,3)4/h5-7,14H,8H2,1-4H3. The number of nitrogens with one attached hydrogen (secondary N) is 1. The smallest absolute Gasteiger partial charge is 0.146 e. The van der Waals surface area contributed by atoms with Crippen LogP contribution in [0, 0.1) is 18.2 Å². The van der Waals surface area contributed by atoms with Crippen LogP contribution < -0.4 is 5.32 Å². The highest BCUT2D eigenvalue weighted by Crippen LogP contribution is 2.18. The lowest BCUT2D eigenvalue weighted by atomic mass is 9.97. The van der Waals surface area contributed by atoms with Gasteiger partial charge in [-0.3, -0.25) is 0 Å². The molecule has 1 rings (SSSR count). The number of aryl methyl sites for hydroxylation is 1. The average Bonchev–Trinajstić information content (AvgIpc) is 2.00. The van der Waals surface area contributed by atoms with E-state index >= 15 is 0 Å². The third-order valence-corrected chi connectivity index (χ3v) is 1.93. The van der Waals surface area contributed by atoms with E-state index in [0.29, 0.717) is 5.69 Å². The van der Waals surface area contributed by atoms with Gasteiger partial charge < -0.3 is 5.32 Å². The third-order valence-electron chi connectivity index (χ3n) is 1.93. The second kappa shape index (κ2) is 3.99. The van der Waals surface area contributed by atoms with E-state index in [1.54, 1.807) is 12.1 Å². The summed E-state index contributed by atoms with van der Waals surface area (Å²) in [6.45, 7) is 9.01. The van der Waals surface area contributed by atoms with Gasteiger partial charge in [-0.25, -0.2) is 4.39 Å². The molecule has 0 spiro atoms. The molecule has 0 heterocycles. The number of rotatable bonds is 2. The molecule has 0 aliphatic rings. The minimum atomic E-state index is -0.172. The highest BCUT2D eigenvalue weighted by molar-refractivity contribution is 5.46. The van der Waals surface area contributed by atoms with Crippen molar-refractivity contribution in [3.63, 3.8) is 0 Å². The van der Waals surface area contributed by atoms with Gasteiger partial charge in [0.1, 0.15) is 5.82 Å². The molecule has 14 heavy (non-hydrogen) atoms. The number of halogens is 1. The quantitative estimate of drug-likeness (QED) is 0.760. The van der Waals surface area contributed by atoms with Crippen molar-refractivity contribution < 1.29 is 4.39 Å². The molecule has 0 saturated carbocycles. The molecule has 0 aromatic heterocycles. The van der Waals surface area contributed by atoms with Gasteiger partial charge in [0.05, 0.1) is 5.69 Å². The fraction of sp³-hybridized carbons (Fsp3) is 0.500. The van der Waals surface area contributed by atoms with Gasteiger partial charge in [0.2, 0.25) is 0 Å². The predicted molar refractivity (Wildman–Crippen MR) is 59.1 cm³/mol. The van der Waals surface area contributed by atoms with Crippen LogP contribution in [0.1, 0.15) is 26.3 Å². The second-order valence-corrected chi connectivity index (χ2v) is 4.90. The lowest BCUT2D eigenvalue weighted by Gasteiger charge is -2.19. The number of benzene rings is 1. The summed E-state index contributed by atoms with van der Waals surface area (Å²) < 4.78 is 13.4. The van der Waals surface area contributed by atoms with Crippen LogP contribution in [0.5, 0.6) is 0 Å². The Morgan fingerprint density at radius 3 is 2.43 bits per heavy atom. The van der Waals surface area contributed by atoms with Crippen molar-refractivity contribution in [2.75, 3.05) is 11.9 Å². The zero-order valence-corrected chi connectivity index (χ0v) is 9.32. The molecule has 0 amide bonds. The maximum atomic E-state index is 13.4. The third kappa shape index (κ3) is 3.36. The zero-order chi connectivity index (χ0) is 10.8. The van der Waals surface area contributed by atoms with Crippen molar-refractivity contribution >= 4 is 5.69 Å². The Hall–Kier alpha value is -1.05. The second-order valence-electron chi connectivity index (χ2n) is 4.90. The van der Waals surface area contributed by atoms with E-state index in [2.05, 4.69) is 26.1 Å². The molecule has 0 unspecified atom stereocenters. The lowest BCUT2D eigenvalue weighted by Crippen LogP contribution is -2.19. The van der Waals surface area contributed by atoms with Gasteiger partial charge in [-0.1, -0.05) is 26.8 Å². The summed E-state index contributed by atoms with van der Waals surface area (Å²) in [4.78, 5) is 0. The molecule has 0 bridgehead atoms. The summed E-state index contributed by atoms with van der Waals surface area (Å²) in [5.41, 5.74) is 1.70. The van der Waals surface area contributed by atoms with E-state index in [0.717, 1.165) is 12.1 Å². The van der Waals surface area contributed by atoms with Crippen LogP contribution in [0.25, 0.3) is 0 Å². The van der Waals surface area contributed by atoms with Crippen LogP contribution in [0.2, 0.25) is 0 Å². The van der Waals surface area contributed by atoms with Gasteiger partial charge in [0.15, 0.2) is 0 Å². The van der Waals surface area contributed by atoms with E-state index in [1.165, 1.54) is 0 Å². The number of hydrogen-bond acceptors (Lipinski definition) is 1. The summed E-state index contributed by atoms with van der Waals surface area (Å²) in [6.07, 6.45) is 0. The molecule has 1 N–H and O–H groups in total. The van der Waals surface area contributed by atoms with Crippen LogP contribution in [0.3, 0.4) is 0 Å². The van der Waals surface area contributed by atoms with Gasteiger partial charge in [-0.15, -0.1) is 0 Å². The Bertz CT molecular complexity index is 313. The molecule has 0 saturated heterocycles. The molecule has 0 radical (unpaired) electrons. The number of anilines is 1. The summed E-state index contributed by atoms with van der Waals surface area (Å²) in [5.74, 6) is -0.172. The largest absolute Gasteiger partial charge is 0.382 e. The maximum absolute atomic E-state index is 13.4. The SMILES string of the molecule is Cc1ccc(NCC(C)(C)C)c(F)c1. The summed E-state index contributed by atoms with van der Waals surface area (Å²) in [7, 11) is 0. The van der Waals surface area contributed by atoms with Gasteiger partial charge in [-0.05, 0) is 30.0 Å². The topological polar surface area (TPSA) is 12.0 Å². The zero-order valence-electron chi connectivity index (χ0n) is 9.32. The van der Waals surface area contributed by atoms with Crippen LogP contribution in [-0.4, -0.2) is 6.54 Å². The molecule has 0 fully saturated rings. The lowest BCUT2D eigenvalue weighted by molar-refractivity contribution is 0.442. The van der Waals surface area contributed by atoms with Gasteiger partial charge >= 0.3 is 0 Å². The van der Waals surface area contributed by atoms with Crippen LogP contribution in [0.4, 0.5) is 10.1 Å². The number of hydrogen-bond donors (Lipinski definition) is 1. The van der Waals surface area contributed by atoms with E-state index in [9.17, 15) is 4.39 Å². The maximum Gasteiger partial charge on any atom is 0.146 e. The first-order valence-corrected chi connectivity index (χ1v) is 4.88. The van der Waals surface area contributed by atoms with Crippen molar-refractivity contribution in [3.8, 4) is 0 Å². The molecule has 78 valence electrons. The Morgan fingerprint density at radius 1 is 1.29 bits per heavy atom. The van der Waals surface area contributed by atoms with Crippen molar-refractivity contribution in [2.24, 2.45) is 5.41 Å². The molecule has 2 heteroatoms. The molecule has 1 aromatic rings. The Balaban J connectivity index is 2.68. The summed E-state index contributed by atoms with van der Waals surface area (Å²) in [6, 6.07) is 5.25. The summed E-state index contributed by atoms with van der Waals surface area (Å²) in [5, 5.41) is 3.11. The Morgan fingerprint density at radius 2 is 1.93 bits per heavy atom. The highest BCUT2D eigenvalue weighted by atomic mass is 19.1. The monoisotopic (exact) mass is 195 g/mol. The molecule has 0 aliphatic heterocycles. The van der Waals surface area contributed by atoms with E-state index in [-0.39, 0.29) is 11.2 Å². The van der Waals surface area contributed by atoms with Crippen molar-refractivity contribution in [1.29, 1.82) is 0 Å². The first-order valence-electron chi connectivity index (χ1n) is 4.88. The molecule has 1 nitrogen and oxygen atoms in total. The summed E-state index contributed by atoms with van der Waals surface area (Å²) >= 11 is 0.